The molecule has 2 atom stereocenters. The minimum absolute atomic E-state index is 0.215. The normalized spacial score (nSPS) is 14.7. The van der Waals surface area contributed by atoms with Crippen molar-refractivity contribution in [3.63, 3.8) is 0 Å². The molecule has 0 bridgehead atoms. The first-order valence-electron chi connectivity index (χ1n) is 8.54. The highest BCUT2D eigenvalue weighted by atomic mass is 16.6. The number of benzene rings is 1. The van der Waals surface area contributed by atoms with Gasteiger partial charge in [0, 0.05) is 12.6 Å². The number of ether oxygens (including phenoxy) is 2. The Bertz CT molecular complexity index is 520. The lowest BCUT2D eigenvalue weighted by atomic mass is 9.87. The fourth-order valence-corrected chi connectivity index (χ4v) is 2.08. The lowest BCUT2D eigenvalue weighted by Gasteiger charge is -2.33. The van der Waals surface area contributed by atoms with E-state index in [0.717, 1.165) is 5.56 Å². The second-order valence-corrected chi connectivity index (χ2v) is 8.12. The number of rotatable bonds is 7. The molecule has 0 fully saturated rings. The lowest BCUT2D eigenvalue weighted by molar-refractivity contribution is -0.182. The first-order chi connectivity index (χ1) is 11.5. The van der Waals surface area contributed by atoms with Gasteiger partial charge < -0.3 is 19.9 Å². The summed E-state index contributed by atoms with van der Waals surface area (Å²) in [4.78, 5) is 12.1. The van der Waals surface area contributed by atoms with E-state index in [1.165, 1.54) is 0 Å². The van der Waals surface area contributed by atoms with E-state index in [2.05, 4.69) is 10.6 Å². The summed E-state index contributed by atoms with van der Waals surface area (Å²) >= 11 is 0. The molecule has 6 heteroatoms. The standard InChI is InChI=1S/C19H32N2O4/c1-18(2,3)15(12-20-16(22)25-19(4,5)6)21-17(23)24-13-14-10-8-7-9-11-14/h7-11,15-16,20,22H,12-13H2,1-6H3,(H,21,23)/t15-,16?/m1/s1. The zero-order valence-corrected chi connectivity index (χ0v) is 16.1. The fraction of sp³-hybridized carbons (Fsp3) is 0.632. The molecular weight excluding hydrogens is 320 g/mol. The number of aliphatic hydroxyl groups excluding tert-OH is 1. The van der Waals surface area contributed by atoms with Gasteiger partial charge in [-0.05, 0) is 31.7 Å². The Morgan fingerprint density at radius 2 is 1.72 bits per heavy atom. The van der Waals surface area contributed by atoms with Gasteiger partial charge in [-0.25, -0.2) is 4.79 Å². The highest BCUT2D eigenvalue weighted by Gasteiger charge is 2.28. The van der Waals surface area contributed by atoms with Gasteiger partial charge in [0.2, 0.25) is 6.41 Å². The number of hydrogen-bond donors (Lipinski definition) is 3. The third-order valence-electron chi connectivity index (χ3n) is 3.51. The van der Waals surface area contributed by atoms with Crippen LogP contribution in [0.4, 0.5) is 4.79 Å². The highest BCUT2D eigenvalue weighted by molar-refractivity contribution is 5.67. The van der Waals surface area contributed by atoms with Crippen molar-refractivity contribution < 1.29 is 19.4 Å². The summed E-state index contributed by atoms with van der Waals surface area (Å²) in [6.45, 7) is 12.2. The van der Waals surface area contributed by atoms with Gasteiger partial charge in [-0.1, -0.05) is 51.1 Å². The number of amides is 1. The summed E-state index contributed by atoms with van der Waals surface area (Å²) < 4.78 is 10.7. The molecule has 1 amide bonds. The van der Waals surface area contributed by atoms with Crippen LogP contribution in [0.2, 0.25) is 0 Å². The van der Waals surface area contributed by atoms with Gasteiger partial charge in [-0.15, -0.1) is 0 Å². The van der Waals surface area contributed by atoms with Crippen LogP contribution in [-0.2, 0) is 16.1 Å². The maximum atomic E-state index is 12.1. The van der Waals surface area contributed by atoms with Crippen LogP contribution in [0.25, 0.3) is 0 Å². The van der Waals surface area contributed by atoms with E-state index in [1.807, 2.05) is 71.9 Å². The summed E-state index contributed by atoms with van der Waals surface area (Å²) in [5.41, 5.74) is 0.239. The Morgan fingerprint density at radius 1 is 1.12 bits per heavy atom. The molecule has 0 saturated heterocycles. The molecule has 6 nitrogen and oxygen atoms in total. The van der Waals surface area contributed by atoms with Gasteiger partial charge in [0.05, 0.1) is 5.60 Å². The second-order valence-electron chi connectivity index (χ2n) is 8.12. The SMILES string of the molecule is CC(C)(C)OC(O)NC[C@@H](NC(=O)OCc1ccccc1)C(C)(C)C. The molecule has 0 aliphatic carbocycles. The van der Waals surface area contributed by atoms with Gasteiger partial charge in [0.15, 0.2) is 0 Å². The molecule has 25 heavy (non-hydrogen) atoms. The smallest absolute Gasteiger partial charge is 0.407 e. The van der Waals surface area contributed by atoms with Crippen LogP contribution in [0.5, 0.6) is 0 Å². The Hall–Kier alpha value is -1.63. The fourth-order valence-electron chi connectivity index (χ4n) is 2.08. The van der Waals surface area contributed by atoms with Crippen molar-refractivity contribution in [2.75, 3.05) is 6.54 Å². The molecule has 3 N–H and O–H groups in total. The van der Waals surface area contributed by atoms with Crippen molar-refractivity contribution >= 4 is 6.09 Å². The summed E-state index contributed by atoms with van der Waals surface area (Å²) in [5.74, 6) is 0. The molecule has 1 aromatic rings. The van der Waals surface area contributed by atoms with Gasteiger partial charge >= 0.3 is 6.09 Å². The molecule has 1 aromatic carbocycles. The maximum absolute atomic E-state index is 12.1. The minimum atomic E-state index is -1.10. The van der Waals surface area contributed by atoms with Gasteiger partial charge in [-0.2, -0.15) is 0 Å². The molecule has 0 aliphatic rings. The quantitative estimate of drug-likeness (QED) is 0.657. The van der Waals surface area contributed by atoms with E-state index in [4.69, 9.17) is 9.47 Å². The van der Waals surface area contributed by atoms with Crippen LogP contribution >= 0.6 is 0 Å². The molecule has 0 radical (unpaired) electrons. The van der Waals surface area contributed by atoms with E-state index in [0.29, 0.717) is 6.54 Å². The first-order valence-corrected chi connectivity index (χ1v) is 8.54. The predicted octanol–water partition coefficient (Wildman–Crippen LogP) is 3.01. The van der Waals surface area contributed by atoms with Crippen LogP contribution in [0, 0.1) is 5.41 Å². The number of carbonyl (C=O) groups excluding carboxylic acids is 1. The summed E-state index contributed by atoms with van der Waals surface area (Å²) in [5, 5.41) is 15.7. The zero-order valence-electron chi connectivity index (χ0n) is 16.1. The van der Waals surface area contributed by atoms with Crippen molar-refractivity contribution in [3.05, 3.63) is 35.9 Å². The Morgan fingerprint density at radius 3 is 2.24 bits per heavy atom. The number of carbonyl (C=O) groups is 1. The largest absolute Gasteiger partial charge is 0.445 e. The molecule has 0 heterocycles. The molecule has 1 unspecified atom stereocenters. The van der Waals surface area contributed by atoms with Crippen LogP contribution in [0.1, 0.15) is 47.1 Å². The lowest BCUT2D eigenvalue weighted by Crippen LogP contribution is -2.52. The predicted molar refractivity (Wildman–Crippen MR) is 97.9 cm³/mol. The van der Waals surface area contributed by atoms with E-state index >= 15 is 0 Å². The van der Waals surface area contributed by atoms with Crippen LogP contribution < -0.4 is 10.6 Å². The number of aliphatic hydroxyl groups is 1. The topological polar surface area (TPSA) is 79.8 Å². The number of nitrogens with one attached hydrogen (secondary N) is 2. The molecule has 142 valence electrons. The van der Waals surface area contributed by atoms with Crippen molar-refractivity contribution in [2.24, 2.45) is 5.41 Å². The van der Waals surface area contributed by atoms with Crippen LogP contribution in [-0.4, -0.2) is 35.8 Å². The average molecular weight is 352 g/mol. The summed E-state index contributed by atoms with van der Waals surface area (Å²) in [6, 6.07) is 9.26. The summed E-state index contributed by atoms with van der Waals surface area (Å²) in [7, 11) is 0. The Labute approximate surface area is 150 Å². The van der Waals surface area contributed by atoms with Crippen molar-refractivity contribution in [2.45, 2.75) is 66.2 Å². The molecule has 0 saturated carbocycles. The van der Waals surface area contributed by atoms with E-state index in [-0.39, 0.29) is 18.1 Å². The van der Waals surface area contributed by atoms with E-state index < -0.39 is 18.1 Å². The number of hydrogen-bond acceptors (Lipinski definition) is 5. The molecule has 1 rings (SSSR count). The molecule has 0 aromatic heterocycles. The Balaban J connectivity index is 2.51. The third kappa shape index (κ3) is 9.43. The highest BCUT2D eigenvalue weighted by Crippen LogP contribution is 2.19. The van der Waals surface area contributed by atoms with Crippen LogP contribution in [0.15, 0.2) is 30.3 Å². The van der Waals surface area contributed by atoms with Crippen molar-refractivity contribution in [1.82, 2.24) is 10.6 Å². The monoisotopic (exact) mass is 352 g/mol. The van der Waals surface area contributed by atoms with Crippen LogP contribution in [0.3, 0.4) is 0 Å². The van der Waals surface area contributed by atoms with Crippen molar-refractivity contribution in [1.29, 1.82) is 0 Å². The van der Waals surface area contributed by atoms with Gasteiger partial charge in [0.1, 0.15) is 6.61 Å². The van der Waals surface area contributed by atoms with Crippen molar-refractivity contribution in [3.8, 4) is 0 Å². The molecular formula is C19H32N2O4. The molecule has 0 aliphatic heterocycles. The number of alkyl carbamates (subject to hydrolysis) is 1. The van der Waals surface area contributed by atoms with E-state index in [9.17, 15) is 9.90 Å². The van der Waals surface area contributed by atoms with Gasteiger partial charge in [0.25, 0.3) is 0 Å². The minimum Gasteiger partial charge on any atom is -0.445 e. The first kappa shape index (κ1) is 21.4. The molecule has 0 spiro atoms. The maximum Gasteiger partial charge on any atom is 0.407 e. The third-order valence-corrected chi connectivity index (χ3v) is 3.51. The zero-order chi connectivity index (χ0) is 19.1. The second kappa shape index (κ2) is 9.17. The Kier molecular flexibility index (Phi) is 7.86. The van der Waals surface area contributed by atoms with Gasteiger partial charge in [-0.3, -0.25) is 5.32 Å². The van der Waals surface area contributed by atoms with E-state index in [1.54, 1.807) is 0 Å². The summed E-state index contributed by atoms with van der Waals surface area (Å²) in [6.07, 6.45) is -1.59. The average Bonchev–Trinajstić information content (AvgIpc) is 2.47.